The van der Waals surface area contributed by atoms with Crippen molar-refractivity contribution in [1.82, 2.24) is 0 Å². The molecule has 0 aliphatic carbocycles. The van der Waals surface area contributed by atoms with Crippen molar-refractivity contribution in [1.29, 1.82) is 0 Å². The van der Waals surface area contributed by atoms with Gasteiger partial charge in [0.05, 0.1) is 6.42 Å². The third-order valence-corrected chi connectivity index (χ3v) is 0.568. The van der Waals surface area contributed by atoms with Gasteiger partial charge in [-0.05, 0) is 22.9 Å². The number of aliphatic hydroxyl groups excluding tert-OH is 1. The highest BCUT2D eigenvalue weighted by atomic mass is 79.9. The Morgan fingerprint density at radius 3 is 2.11 bits per heavy atom. The molecule has 0 saturated heterocycles. The Morgan fingerprint density at radius 2 is 2.11 bits per heavy atom. The van der Waals surface area contributed by atoms with E-state index in [4.69, 9.17) is 5.11 Å². The van der Waals surface area contributed by atoms with Crippen molar-refractivity contribution in [2.75, 3.05) is 6.61 Å². The molecule has 0 aromatic heterocycles. The van der Waals surface area contributed by atoms with Crippen molar-refractivity contribution < 1.29 is 14.7 Å². The average Bonchev–Trinajstić information content (AvgIpc) is 1.67. The first-order valence-corrected chi connectivity index (χ1v) is 3.21. The summed E-state index contributed by atoms with van der Waals surface area (Å²) in [7, 11) is 0. The molecule has 0 unspecified atom stereocenters. The lowest BCUT2D eigenvalue weighted by atomic mass is 10.5. The van der Waals surface area contributed by atoms with Gasteiger partial charge >= 0.3 is 0 Å². The fourth-order valence-corrected chi connectivity index (χ4v) is 0.198. The Kier molecular flexibility index (Phi) is 13.8. The van der Waals surface area contributed by atoms with Crippen LogP contribution >= 0.6 is 15.9 Å². The number of rotatable bonds is 2. The first kappa shape index (κ1) is 11.6. The van der Waals surface area contributed by atoms with Gasteiger partial charge in [-0.15, -0.1) is 0 Å². The second-order valence-electron chi connectivity index (χ2n) is 1.04. The fraction of sp³-hybridized carbons (Fsp3) is 0.600. The highest BCUT2D eigenvalue weighted by Gasteiger charge is 1.86. The van der Waals surface area contributed by atoms with Crippen LogP contribution in [0.5, 0.6) is 0 Å². The zero-order chi connectivity index (χ0) is 7.70. The smallest absolute Gasteiger partial charge is 0.204 e. The molecular formula is C5H9BrO3. The van der Waals surface area contributed by atoms with Crippen LogP contribution in [0.15, 0.2) is 0 Å². The molecule has 1 N–H and O–H groups in total. The van der Waals surface area contributed by atoms with Crippen LogP contribution in [0.3, 0.4) is 0 Å². The second-order valence-corrected chi connectivity index (χ2v) is 1.93. The van der Waals surface area contributed by atoms with Crippen LogP contribution in [0.4, 0.5) is 0 Å². The lowest BCUT2D eigenvalue weighted by molar-refractivity contribution is -0.115. The minimum atomic E-state index is -0.266. The molecule has 0 spiro atoms. The van der Waals surface area contributed by atoms with E-state index >= 15 is 0 Å². The number of halogens is 1. The molecule has 4 heteroatoms. The highest BCUT2D eigenvalue weighted by molar-refractivity contribution is 9.18. The van der Waals surface area contributed by atoms with Crippen LogP contribution in [-0.4, -0.2) is 22.7 Å². The van der Waals surface area contributed by atoms with E-state index in [1.807, 2.05) is 0 Å². The third kappa shape index (κ3) is 33.6. The maximum Gasteiger partial charge on any atom is 0.204 e. The molecule has 0 aromatic carbocycles. The molecule has 0 heterocycles. The Balaban J connectivity index is 0. The van der Waals surface area contributed by atoms with E-state index in [0.29, 0.717) is 6.29 Å². The molecule has 0 radical (unpaired) electrons. The molecule has 0 aliphatic heterocycles. The Labute approximate surface area is 62.2 Å². The van der Waals surface area contributed by atoms with E-state index in [-0.39, 0.29) is 17.7 Å². The summed E-state index contributed by atoms with van der Waals surface area (Å²) < 4.78 is -0.266. The average molecular weight is 197 g/mol. The van der Waals surface area contributed by atoms with Crippen LogP contribution in [0.1, 0.15) is 13.3 Å². The maximum absolute atomic E-state index is 9.73. The Hall–Kier alpha value is -0.220. The van der Waals surface area contributed by atoms with Gasteiger partial charge in [-0.1, -0.05) is 0 Å². The van der Waals surface area contributed by atoms with E-state index in [2.05, 4.69) is 15.9 Å². The van der Waals surface area contributed by atoms with Crippen molar-refractivity contribution in [3.05, 3.63) is 0 Å². The van der Waals surface area contributed by atoms with Gasteiger partial charge < -0.3 is 9.90 Å². The predicted molar refractivity (Wildman–Crippen MR) is 37.4 cm³/mol. The van der Waals surface area contributed by atoms with Crippen LogP contribution in [0.2, 0.25) is 0 Å². The summed E-state index contributed by atoms with van der Waals surface area (Å²) in [4.78, 5) is 19.1. The highest BCUT2D eigenvalue weighted by Crippen LogP contribution is 1.84. The molecule has 0 saturated carbocycles. The summed E-state index contributed by atoms with van der Waals surface area (Å²) in [6.07, 6.45) is 0.525. The van der Waals surface area contributed by atoms with Gasteiger partial charge in [0.2, 0.25) is 4.69 Å². The number of carbonyl (C=O) groups excluding carboxylic acids is 2. The van der Waals surface area contributed by atoms with Crippen molar-refractivity contribution in [2.24, 2.45) is 0 Å². The van der Waals surface area contributed by atoms with Crippen molar-refractivity contribution in [2.45, 2.75) is 13.3 Å². The van der Waals surface area contributed by atoms with Crippen molar-refractivity contribution >= 4 is 26.9 Å². The van der Waals surface area contributed by atoms with Crippen LogP contribution in [0.25, 0.3) is 0 Å². The lowest BCUT2D eigenvalue weighted by Crippen LogP contribution is -1.82. The number of hydrogen-bond donors (Lipinski definition) is 1. The Morgan fingerprint density at radius 1 is 1.78 bits per heavy atom. The Bertz CT molecular complexity index is 82.3. The van der Waals surface area contributed by atoms with Gasteiger partial charge in [0.1, 0.15) is 6.29 Å². The number of aliphatic hydroxyl groups is 1. The fourth-order valence-electron chi connectivity index (χ4n) is 0.0655. The van der Waals surface area contributed by atoms with E-state index in [0.717, 1.165) is 0 Å². The van der Waals surface area contributed by atoms with Gasteiger partial charge in [-0.2, -0.15) is 0 Å². The van der Waals surface area contributed by atoms with Gasteiger partial charge in [0.15, 0.2) is 0 Å². The van der Waals surface area contributed by atoms with Gasteiger partial charge in [-0.3, -0.25) is 4.79 Å². The normalized spacial score (nSPS) is 7.00. The van der Waals surface area contributed by atoms with Gasteiger partial charge in [0, 0.05) is 6.61 Å². The molecule has 0 atom stereocenters. The summed E-state index contributed by atoms with van der Waals surface area (Å²) in [5, 5.41) is 7.57. The van der Waals surface area contributed by atoms with E-state index in [1.54, 1.807) is 6.92 Å². The molecule has 0 aromatic rings. The number of hydrogen-bond acceptors (Lipinski definition) is 3. The molecule has 0 bridgehead atoms. The lowest BCUT2D eigenvalue weighted by Gasteiger charge is -1.68. The number of aldehydes is 1. The van der Waals surface area contributed by atoms with Crippen LogP contribution in [0, 0.1) is 0 Å². The summed E-state index contributed by atoms with van der Waals surface area (Å²) in [6.45, 7) is 1.93. The van der Waals surface area contributed by atoms with E-state index in [1.165, 1.54) is 0 Å². The molecular weight excluding hydrogens is 188 g/mol. The minimum absolute atomic E-state index is 0.0278. The minimum Gasteiger partial charge on any atom is -0.397 e. The van der Waals surface area contributed by atoms with Gasteiger partial charge in [-0.25, -0.2) is 0 Å². The molecule has 9 heavy (non-hydrogen) atoms. The van der Waals surface area contributed by atoms with Crippen LogP contribution in [-0.2, 0) is 9.59 Å². The number of carbonyl (C=O) groups is 2. The maximum atomic E-state index is 9.73. The second kappa shape index (κ2) is 10.7. The predicted octanol–water partition coefficient (Wildman–Crippen LogP) is 0.495. The molecule has 0 rings (SSSR count). The molecule has 0 amide bonds. The molecule has 3 nitrogen and oxygen atoms in total. The van der Waals surface area contributed by atoms with E-state index < -0.39 is 0 Å². The van der Waals surface area contributed by atoms with Crippen molar-refractivity contribution in [3.8, 4) is 0 Å². The largest absolute Gasteiger partial charge is 0.397 e. The summed E-state index contributed by atoms with van der Waals surface area (Å²) in [5.41, 5.74) is 0. The zero-order valence-corrected chi connectivity index (χ0v) is 6.72. The first-order chi connectivity index (χ1) is 4.18. The SMILES string of the molecule is CCO.O=CCC(=O)Br. The zero-order valence-electron chi connectivity index (χ0n) is 5.13. The summed E-state index contributed by atoms with van der Waals surface area (Å²) in [6, 6.07) is 0. The van der Waals surface area contributed by atoms with E-state index in [9.17, 15) is 9.59 Å². The summed E-state index contributed by atoms with van der Waals surface area (Å²) >= 11 is 2.56. The third-order valence-electron chi connectivity index (χ3n) is 0.244. The van der Waals surface area contributed by atoms with Crippen molar-refractivity contribution in [3.63, 3.8) is 0 Å². The monoisotopic (exact) mass is 196 g/mol. The quantitative estimate of drug-likeness (QED) is 0.398. The summed E-state index contributed by atoms with van der Waals surface area (Å²) in [5.74, 6) is 0. The first-order valence-electron chi connectivity index (χ1n) is 2.41. The van der Waals surface area contributed by atoms with Gasteiger partial charge in [0.25, 0.3) is 0 Å². The molecule has 0 fully saturated rings. The topological polar surface area (TPSA) is 54.4 Å². The molecule has 54 valence electrons. The molecule has 0 aliphatic rings. The standard InChI is InChI=1S/C3H3BrO2.C2H6O/c4-3(6)1-2-5;1-2-3/h2H,1H2;3H,2H2,1H3. The van der Waals surface area contributed by atoms with Crippen LogP contribution < -0.4 is 0 Å².